The molecule has 6 heteroatoms. The summed E-state index contributed by atoms with van der Waals surface area (Å²) in [7, 11) is 1.57. The van der Waals surface area contributed by atoms with Crippen LogP contribution in [0.25, 0.3) is 11.1 Å². The van der Waals surface area contributed by atoms with E-state index in [1.165, 1.54) is 29.5 Å². The van der Waals surface area contributed by atoms with E-state index >= 15 is 0 Å². The maximum atomic E-state index is 13.6. The SMILES string of the molecule is COc1ccc(F)cc1-c1ccc(C=NN=C(N)SCc2ccccc2)cc1. The van der Waals surface area contributed by atoms with Gasteiger partial charge in [0.05, 0.1) is 13.3 Å². The van der Waals surface area contributed by atoms with Crippen LogP contribution in [-0.2, 0) is 5.75 Å². The van der Waals surface area contributed by atoms with E-state index in [-0.39, 0.29) is 5.82 Å². The van der Waals surface area contributed by atoms with Crippen LogP contribution in [0, 0.1) is 5.82 Å². The normalized spacial score (nSPS) is 11.7. The summed E-state index contributed by atoms with van der Waals surface area (Å²) in [5.41, 5.74) is 9.48. The van der Waals surface area contributed by atoms with E-state index in [0.717, 1.165) is 16.9 Å². The van der Waals surface area contributed by atoms with E-state index in [2.05, 4.69) is 10.2 Å². The summed E-state index contributed by atoms with van der Waals surface area (Å²) in [4.78, 5) is 0. The number of thioether (sulfide) groups is 1. The zero-order valence-electron chi connectivity index (χ0n) is 15.4. The van der Waals surface area contributed by atoms with Gasteiger partial charge in [0.1, 0.15) is 11.6 Å². The van der Waals surface area contributed by atoms with E-state index < -0.39 is 0 Å². The quantitative estimate of drug-likeness (QED) is 0.361. The highest BCUT2D eigenvalue weighted by atomic mass is 32.2. The Bertz CT molecular complexity index is 973. The predicted molar refractivity (Wildman–Crippen MR) is 115 cm³/mol. The van der Waals surface area contributed by atoms with Crippen LogP contribution in [0.3, 0.4) is 0 Å². The molecule has 3 aromatic carbocycles. The highest BCUT2D eigenvalue weighted by Gasteiger charge is 2.07. The maximum absolute atomic E-state index is 13.6. The van der Waals surface area contributed by atoms with Crippen LogP contribution < -0.4 is 10.5 Å². The van der Waals surface area contributed by atoms with Gasteiger partial charge >= 0.3 is 0 Å². The molecule has 0 fully saturated rings. The van der Waals surface area contributed by atoms with Gasteiger partial charge in [-0.1, -0.05) is 66.4 Å². The highest BCUT2D eigenvalue weighted by Crippen LogP contribution is 2.30. The Labute approximate surface area is 168 Å². The Morgan fingerprint density at radius 2 is 1.82 bits per heavy atom. The maximum Gasteiger partial charge on any atom is 0.180 e. The first kappa shape index (κ1) is 19.6. The molecule has 0 aromatic heterocycles. The third kappa shape index (κ3) is 5.44. The van der Waals surface area contributed by atoms with Crippen molar-refractivity contribution in [1.82, 2.24) is 0 Å². The summed E-state index contributed by atoms with van der Waals surface area (Å²) in [5.74, 6) is 1.06. The van der Waals surface area contributed by atoms with Crippen molar-refractivity contribution in [3.8, 4) is 16.9 Å². The second-order valence-electron chi connectivity index (χ2n) is 5.92. The van der Waals surface area contributed by atoms with Gasteiger partial charge in [-0.3, -0.25) is 0 Å². The Morgan fingerprint density at radius 1 is 1.07 bits per heavy atom. The van der Waals surface area contributed by atoms with Crippen LogP contribution in [0.5, 0.6) is 5.75 Å². The molecular weight excluding hydrogens is 373 g/mol. The van der Waals surface area contributed by atoms with E-state index in [1.54, 1.807) is 19.4 Å². The van der Waals surface area contributed by atoms with Gasteiger partial charge < -0.3 is 10.5 Å². The Morgan fingerprint density at radius 3 is 2.54 bits per heavy atom. The zero-order chi connectivity index (χ0) is 19.8. The molecule has 0 amide bonds. The lowest BCUT2D eigenvalue weighted by atomic mass is 10.0. The zero-order valence-corrected chi connectivity index (χ0v) is 16.2. The minimum absolute atomic E-state index is 0.306. The van der Waals surface area contributed by atoms with Crippen molar-refractivity contribution >= 4 is 23.1 Å². The first-order chi connectivity index (χ1) is 13.7. The highest BCUT2D eigenvalue weighted by molar-refractivity contribution is 8.13. The molecule has 4 nitrogen and oxygen atoms in total. The molecule has 0 radical (unpaired) electrons. The van der Waals surface area contributed by atoms with Crippen molar-refractivity contribution in [3.05, 3.63) is 89.7 Å². The fourth-order valence-corrected chi connectivity index (χ4v) is 3.18. The second-order valence-corrected chi connectivity index (χ2v) is 6.92. The fraction of sp³-hybridized carbons (Fsp3) is 0.0909. The monoisotopic (exact) mass is 393 g/mol. The summed E-state index contributed by atoms with van der Waals surface area (Å²) in [6.45, 7) is 0. The number of hydrogen-bond acceptors (Lipinski definition) is 4. The van der Waals surface area contributed by atoms with Gasteiger partial charge in [-0.25, -0.2) is 4.39 Å². The second kappa shape index (κ2) is 9.71. The molecule has 0 atom stereocenters. The molecular formula is C22H20FN3OS. The lowest BCUT2D eigenvalue weighted by Gasteiger charge is -2.08. The summed E-state index contributed by atoms with van der Waals surface area (Å²) >= 11 is 1.43. The molecule has 0 aliphatic rings. The van der Waals surface area contributed by atoms with Crippen molar-refractivity contribution in [2.24, 2.45) is 15.9 Å². The van der Waals surface area contributed by atoms with Crippen LogP contribution in [0.4, 0.5) is 4.39 Å². The van der Waals surface area contributed by atoms with Crippen molar-refractivity contribution in [2.45, 2.75) is 5.75 Å². The third-order valence-corrected chi connectivity index (χ3v) is 4.83. The van der Waals surface area contributed by atoms with Crippen LogP contribution in [0.2, 0.25) is 0 Å². The number of rotatable bonds is 6. The molecule has 0 unspecified atom stereocenters. The van der Waals surface area contributed by atoms with Gasteiger partial charge in [-0.15, -0.1) is 5.10 Å². The molecule has 2 N–H and O–H groups in total. The number of halogens is 1. The minimum atomic E-state index is -0.306. The van der Waals surface area contributed by atoms with Crippen LogP contribution in [-0.4, -0.2) is 18.5 Å². The van der Waals surface area contributed by atoms with Gasteiger partial charge in [0.2, 0.25) is 0 Å². The van der Waals surface area contributed by atoms with Gasteiger partial charge in [-0.2, -0.15) is 5.10 Å². The minimum Gasteiger partial charge on any atom is -0.496 e. The average molecular weight is 393 g/mol. The Balaban J connectivity index is 1.63. The number of amidine groups is 1. The summed E-state index contributed by atoms with van der Waals surface area (Å²) in [6, 6.07) is 22.0. The number of ether oxygens (including phenoxy) is 1. The molecule has 0 heterocycles. The number of benzene rings is 3. The lowest BCUT2D eigenvalue weighted by molar-refractivity contribution is 0.415. The molecule has 28 heavy (non-hydrogen) atoms. The summed E-state index contributed by atoms with van der Waals surface area (Å²) in [6.07, 6.45) is 1.63. The van der Waals surface area contributed by atoms with E-state index in [0.29, 0.717) is 16.5 Å². The predicted octanol–water partition coefficient (Wildman–Crippen LogP) is 5.08. The average Bonchev–Trinajstić information content (AvgIpc) is 2.73. The number of nitrogens with zero attached hydrogens (tertiary/aromatic N) is 2. The molecule has 142 valence electrons. The first-order valence-corrected chi connectivity index (χ1v) is 9.61. The van der Waals surface area contributed by atoms with Crippen molar-refractivity contribution < 1.29 is 9.13 Å². The lowest BCUT2D eigenvalue weighted by Crippen LogP contribution is -2.05. The van der Waals surface area contributed by atoms with Crippen molar-refractivity contribution in [2.75, 3.05) is 7.11 Å². The van der Waals surface area contributed by atoms with Gasteiger partial charge in [0.25, 0.3) is 0 Å². The molecule has 0 bridgehead atoms. The summed E-state index contributed by atoms with van der Waals surface area (Å²) < 4.78 is 18.9. The molecule has 0 saturated carbocycles. The largest absolute Gasteiger partial charge is 0.496 e. The Hall–Kier alpha value is -3.12. The Kier molecular flexibility index (Phi) is 6.81. The van der Waals surface area contributed by atoms with E-state index in [9.17, 15) is 4.39 Å². The standard InChI is InChI=1S/C22H20FN3OS/c1-27-21-12-11-19(23)13-20(21)18-9-7-16(8-10-18)14-25-26-22(24)28-15-17-5-3-2-4-6-17/h2-14H,15H2,1H3,(H2,24,26). The number of nitrogens with two attached hydrogens (primary N) is 1. The van der Waals surface area contributed by atoms with Gasteiger partial charge in [0, 0.05) is 11.3 Å². The van der Waals surface area contributed by atoms with E-state index in [4.69, 9.17) is 10.5 Å². The molecule has 0 aliphatic carbocycles. The van der Waals surface area contributed by atoms with E-state index in [1.807, 2.05) is 54.6 Å². The first-order valence-electron chi connectivity index (χ1n) is 8.63. The van der Waals surface area contributed by atoms with Gasteiger partial charge in [-0.05, 0) is 34.9 Å². The molecule has 0 aliphatic heterocycles. The van der Waals surface area contributed by atoms with Gasteiger partial charge in [0.15, 0.2) is 5.17 Å². The van der Waals surface area contributed by atoms with Crippen LogP contribution >= 0.6 is 11.8 Å². The molecule has 3 rings (SSSR count). The van der Waals surface area contributed by atoms with Crippen molar-refractivity contribution in [3.63, 3.8) is 0 Å². The molecule has 3 aromatic rings. The summed E-state index contributed by atoms with van der Waals surface area (Å²) in [5, 5.41) is 8.45. The van der Waals surface area contributed by atoms with Crippen LogP contribution in [0.1, 0.15) is 11.1 Å². The fourth-order valence-electron chi connectivity index (χ4n) is 2.57. The molecule has 0 spiro atoms. The topological polar surface area (TPSA) is 60.0 Å². The number of methoxy groups -OCH3 is 1. The third-order valence-electron chi connectivity index (χ3n) is 3.98. The smallest absolute Gasteiger partial charge is 0.180 e. The van der Waals surface area contributed by atoms with Crippen molar-refractivity contribution in [1.29, 1.82) is 0 Å². The number of hydrogen-bond donors (Lipinski definition) is 1. The molecule has 0 saturated heterocycles. The van der Waals surface area contributed by atoms with Crippen LogP contribution in [0.15, 0.2) is 83.0 Å².